The third-order valence-electron chi connectivity index (χ3n) is 4.24. The Morgan fingerprint density at radius 3 is 2.61 bits per heavy atom. The molecule has 7 heteroatoms. The first-order valence-electron chi connectivity index (χ1n) is 7.35. The molecule has 0 saturated carbocycles. The molecular weight excluding hydrogens is 329 g/mol. The Kier molecular flexibility index (Phi) is 4.38. The molecule has 1 fully saturated rings. The molecule has 2 unspecified atom stereocenters. The van der Waals surface area contributed by atoms with E-state index < -0.39 is 11.7 Å². The molecule has 0 bridgehead atoms. The molecule has 3 nitrogen and oxygen atoms in total. The Labute approximate surface area is 137 Å². The lowest BCUT2D eigenvalue weighted by Crippen LogP contribution is -2.49. The molecular formula is C16H16ClF3N2O. The van der Waals surface area contributed by atoms with Crippen LogP contribution >= 0.6 is 11.6 Å². The fourth-order valence-electron chi connectivity index (χ4n) is 3.12. The second-order valence-electron chi connectivity index (χ2n) is 5.57. The van der Waals surface area contributed by atoms with Crippen LogP contribution < -0.4 is 0 Å². The van der Waals surface area contributed by atoms with E-state index in [1.54, 1.807) is 6.20 Å². The monoisotopic (exact) mass is 344 g/mol. The van der Waals surface area contributed by atoms with Gasteiger partial charge in [0.15, 0.2) is 5.29 Å². The number of nitrogens with zero attached hydrogens (tertiary/aromatic N) is 2. The molecule has 3 rings (SSSR count). The summed E-state index contributed by atoms with van der Waals surface area (Å²) in [6.45, 7) is 3.54. The SMILES string of the molecule is CCN1C(Cl)=NC=C2COCC(c3ccc(C(F)(F)F)cc3)C21. The van der Waals surface area contributed by atoms with Gasteiger partial charge in [0.05, 0.1) is 24.8 Å². The summed E-state index contributed by atoms with van der Waals surface area (Å²) < 4.78 is 43.8. The van der Waals surface area contributed by atoms with Crippen molar-refractivity contribution in [1.29, 1.82) is 0 Å². The highest BCUT2D eigenvalue weighted by Gasteiger charge is 2.38. The molecule has 0 N–H and O–H groups in total. The number of amidine groups is 1. The van der Waals surface area contributed by atoms with Crippen LogP contribution in [0.2, 0.25) is 0 Å². The van der Waals surface area contributed by atoms with Crippen molar-refractivity contribution in [2.24, 2.45) is 4.99 Å². The van der Waals surface area contributed by atoms with Crippen LogP contribution in [0.3, 0.4) is 0 Å². The minimum Gasteiger partial charge on any atom is -0.376 e. The summed E-state index contributed by atoms with van der Waals surface area (Å²) in [5, 5.41) is 0.403. The van der Waals surface area contributed by atoms with Crippen LogP contribution in [-0.2, 0) is 10.9 Å². The summed E-state index contributed by atoms with van der Waals surface area (Å²) in [6, 6.07) is 5.24. The van der Waals surface area contributed by atoms with E-state index in [4.69, 9.17) is 16.3 Å². The molecule has 1 aromatic rings. The smallest absolute Gasteiger partial charge is 0.376 e. The molecule has 2 heterocycles. The van der Waals surface area contributed by atoms with E-state index in [9.17, 15) is 13.2 Å². The van der Waals surface area contributed by atoms with Crippen LogP contribution in [0.15, 0.2) is 41.0 Å². The van der Waals surface area contributed by atoms with Gasteiger partial charge in [-0.3, -0.25) is 0 Å². The second-order valence-corrected chi connectivity index (χ2v) is 5.91. The number of likely N-dealkylation sites (N-methyl/N-ethyl adjacent to an activating group) is 1. The number of fused-ring (bicyclic) bond motifs is 1. The Balaban J connectivity index is 1.92. The predicted octanol–water partition coefficient (Wildman–Crippen LogP) is 4.00. The van der Waals surface area contributed by atoms with Crippen LogP contribution in [0.1, 0.15) is 24.0 Å². The van der Waals surface area contributed by atoms with E-state index >= 15 is 0 Å². The van der Waals surface area contributed by atoms with Gasteiger partial charge >= 0.3 is 6.18 Å². The molecule has 2 aliphatic heterocycles. The van der Waals surface area contributed by atoms with E-state index in [2.05, 4.69) is 4.99 Å². The van der Waals surface area contributed by atoms with Crippen LogP contribution in [0.25, 0.3) is 0 Å². The van der Waals surface area contributed by atoms with Crippen molar-refractivity contribution in [3.05, 3.63) is 47.2 Å². The number of ether oxygens (including phenoxy) is 1. The Hall–Kier alpha value is -1.53. The van der Waals surface area contributed by atoms with E-state index in [0.29, 0.717) is 25.1 Å². The molecule has 124 valence electrons. The fourth-order valence-corrected chi connectivity index (χ4v) is 3.39. The van der Waals surface area contributed by atoms with Gasteiger partial charge in [0, 0.05) is 18.7 Å². The number of hydrogen-bond acceptors (Lipinski definition) is 3. The van der Waals surface area contributed by atoms with Crippen molar-refractivity contribution in [2.75, 3.05) is 19.8 Å². The standard InChI is InChI=1S/C16H16ClF3N2O/c1-2-22-14-11(7-21-15(22)17)8-23-9-13(14)10-3-5-12(6-4-10)16(18,19)20/h3-7,13-14H,2,8-9H2,1H3. The topological polar surface area (TPSA) is 24.8 Å². The van der Waals surface area contributed by atoms with Gasteiger partial charge in [-0.05, 0) is 41.8 Å². The largest absolute Gasteiger partial charge is 0.416 e. The number of rotatable bonds is 2. The van der Waals surface area contributed by atoms with E-state index in [1.807, 2.05) is 11.8 Å². The lowest BCUT2D eigenvalue weighted by molar-refractivity contribution is -0.137. The normalized spacial score (nSPS) is 24.8. The van der Waals surface area contributed by atoms with Crippen molar-refractivity contribution in [3.63, 3.8) is 0 Å². The highest BCUT2D eigenvalue weighted by atomic mass is 35.5. The van der Waals surface area contributed by atoms with Crippen LogP contribution in [-0.4, -0.2) is 36.0 Å². The first-order chi connectivity index (χ1) is 10.9. The average Bonchev–Trinajstić information content (AvgIpc) is 2.53. The minimum absolute atomic E-state index is 0.0320. The minimum atomic E-state index is -4.33. The third kappa shape index (κ3) is 3.10. The molecule has 0 aromatic heterocycles. The Morgan fingerprint density at radius 2 is 2.00 bits per heavy atom. The Morgan fingerprint density at radius 1 is 1.30 bits per heavy atom. The number of benzene rings is 1. The quantitative estimate of drug-likeness (QED) is 0.757. The molecule has 2 aliphatic rings. The summed E-state index contributed by atoms with van der Waals surface area (Å²) in [6.07, 6.45) is -2.63. The van der Waals surface area contributed by atoms with Crippen molar-refractivity contribution in [3.8, 4) is 0 Å². The van der Waals surface area contributed by atoms with Crippen molar-refractivity contribution in [2.45, 2.75) is 25.1 Å². The van der Waals surface area contributed by atoms with Gasteiger partial charge in [-0.2, -0.15) is 13.2 Å². The first-order valence-corrected chi connectivity index (χ1v) is 7.73. The molecule has 2 atom stereocenters. The van der Waals surface area contributed by atoms with Crippen molar-refractivity contribution < 1.29 is 17.9 Å². The van der Waals surface area contributed by atoms with Gasteiger partial charge in [-0.25, -0.2) is 4.99 Å². The highest BCUT2D eigenvalue weighted by Crippen LogP contribution is 2.37. The third-order valence-corrected chi connectivity index (χ3v) is 4.56. The zero-order valence-electron chi connectivity index (χ0n) is 12.5. The number of aliphatic imine (C=N–C) groups is 1. The van der Waals surface area contributed by atoms with Crippen LogP contribution in [0, 0.1) is 0 Å². The maximum atomic E-state index is 12.7. The number of hydrogen-bond donors (Lipinski definition) is 0. The van der Waals surface area contributed by atoms with Gasteiger partial charge in [0.2, 0.25) is 0 Å². The average molecular weight is 345 g/mol. The fraction of sp³-hybridized carbons (Fsp3) is 0.438. The molecule has 0 radical (unpaired) electrons. The summed E-state index contributed by atoms with van der Waals surface area (Å²) in [4.78, 5) is 6.12. The van der Waals surface area contributed by atoms with Gasteiger partial charge in [-0.15, -0.1) is 0 Å². The molecule has 23 heavy (non-hydrogen) atoms. The molecule has 1 saturated heterocycles. The van der Waals surface area contributed by atoms with Crippen LogP contribution in [0.4, 0.5) is 13.2 Å². The first kappa shape index (κ1) is 16.3. The molecule has 0 spiro atoms. The summed E-state index contributed by atoms with van der Waals surface area (Å²) in [5.41, 5.74) is 1.15. The number of alkyl halides is 3. The highest BCUT2D eigenvalue weighted by molar-refractivity contribution is 6.64. The van der Waals surface area contributed by atoms with Gasteiger partial charge in [0.25, 0.3) is 0 Å². The Bertz CT molecular complexity index is 640. The van der Waals surface area contributed by atoms with E-state index in [0.717, 1.165) is 23.3 Å². The number of halogens is 4. The van der Waals surface area contributed by atoms with Crippen molar-refractivity contribution in [1.82, 2.24) is 4.90 Å². The lowest BCUT2D eigenvalue weighted by Gasteiger charge is -2.43. The van der Waals surface area contributed by atoms with Gasteiger partial charge < -0.3 is 9.64 Å². The summed E-state index contributed by atoms with van der Waals surface area (Å²) in [5.74, 6) is -0.0820. The maximum absolute atomic E-state index is 12.7. The zero-order valence-corrected chi connectivity index (χ0v) is 13.2. The van der Waals surface area contributed by atoms with Crippen molar-refractivity contribution >= 4 is 16.9 Å². The summed E-state index contributed by atoms with van der Waals surface area (Å²) in [7, 11) is 0. The second kappa shape index (κ2) is 6.17. The lowest BCUT2D eigenvalue weighted by atomic mass is 9.84. The molecule has 0 amide bonds. The van der Waals surface area contributed by atoms with Gasteiger partial charge in [-0.1, -0.05) is 12.1 Å². The molecule has 1 aromatic carbocycles. The molecule has 0 aliphatic carbocycles. The van der Waals surface area contributed by atoms with Gasteiger partial charge in [0.1, 0.15) is 0 Å². The summed E-state index contributed by atoms with van der Waals surface area (Å²) >= 11 is 6.18. The maximum Gasteiger partial charge on any atom is 0.416 e. The van der Waals surface area contributed by atoms with Crippen LogP contribution in [0.5, 0.6) is 0 Å². The van der Waals surface area contributed by atoms with E-state index in [-0.39, 0.29) is 12.0 Å². The predicted molar refractivity (Wildman–Crippen MR) is 82.5 cm³/mol. The van der Waals surface area contributed by atoms with E-state index in [1.165, 1.54) is 12.1 Å². The zero-order chi connectivity index (χ0) is 16.6.